The number of aromatic carboxylic acids is 1. The van der Waals surface area contributed by atoms with E-state index in [1.165, 1.54) is 33.9 Å². The Labute approximate surface area is 155 Å². The first-order valence-corrected chi connectivity index (χ1v) is 10.9. The van der Waals surface area contributed by atoms with Gasteiger partial charge in [0.25, 0.3) is 5.91 Å². The minimum Gasteiger partial charge on any atom is -0.478 e. The third-order valence-electron chi connectivity index (χ3n) is 4.39. The summed E-state index contributed by atoms with van der Waals surface area (Å²) in [7, 11) is -3.60. The molecule has 0 bridgehead atoms. The Morgan fingerprint density at radius 3 is 2.62 bits per heavy atom. The van der Waals surface area contributed by atoms with E-state index in [1.54, 1.807) is 0 Å². The van der Waals surface area contributed by atoms with Gasteiger partial charge in [-0.05, 0) is 55.0 Å². The lowest BCUT2D eigenvalue weighted by molar-refractivity contribution is 0.0696. The van der Waals surface area contributed by atoms with Crippen LogP contribution in [0.2, 0.25) is 0 Å². The third-order valence-corrected chi connectivity index (χ3v) is 6.72. The molecule has 0 aliphatic heterocycles. The molecule has 8 heteroatoms. The summed E-state index contributed by atoms with van der Waals surface area (Å²) in [4.78, 5) is 25.4. The molecular formula is C18H19NO5S2. The number of nitrogens with one attached hydrogen (secondary N) is 1. The molecule has 1 atom stereocenters. The molecule has 1 aliphatic rings. The van der Waals surface area contributed by atoms with Gasteiger partial charge in [0, 0.05) is 16.8 Å². The van der Waals surface area contributed by atoms with E-state index in [-0.39, 0.29) is 22.1 Å². The van der Waals surface area contributed by atoms with Gasteiger partial charge in [-0.25, -0.2) is 13.2 Å². The van der Waals surface area contributed by atoms with Gasteiger partial charge in [0.05, 0.1) is 15.3 Å². The molecule has 1 aliphatic carbocycles. The molecule has 0 fully saturated rings. The van der Waals surface area contributed by atoms with Crippen molar-refractivity contribution in [2.45, 2.75) is 31.1 Å². The Kier molecular flexibility index (Phi) is 4.90. The van der Waals surface area contributed by atoms with Crippen LogP contribution in [-0.2, 0) is 22.7 Å². The summed E-state index contributed by atoms with van der Waals surface area (Å²) < 4.78 is 23.6. The number of benzene rings is 1. The standard InChI is InChI=1S/C18H19NO5S2/c1-10-3-4-15-11(5-10)8-16(25-15)17(20)19-13-6-12(18(21)22)7-14(9-13)26(2,23)24/h6-10H,3-5H2,1-2H3,(H,19,20)(H,21,22). The summed E-state index contributed by atoms with van der Waals surface area (Å²) in [5, 5.41) is 11.8. The summed E-state index contributed by atoms with van der Waals surface area (Å²) in [6.45, 7) is 2.18. The fraction of sp³-hybridized carbons (Fsp3) is 0.333. The van der Waals surface area contributed by atoms with E-state index in [1.807, 2.05) is 6.07 Å². The van der Waals surface area contributed by atoms with Crippen LogP contribution >= 0.6 is 11.3 Å². The van der Waals surface area contributed by atoms with Gasteiger partial charge in [-0.1, -0.05) is 6.92 Å². The largest absolute Gasteiger partial charge is 0.478 e. The average Bonchev–Trinajstić information content (AvgIpc) is 2.96. The van der Waals surface area contributed by atoms with Crippen molar-refractivity contribution in [2.24, 2.45) is 5.92 Å². The Morgan fingerprint density at radius 2 is 1.96 bits per heavy atom. The van der Waals surface area contributed by atoms with Crippen molar-refractivity contribution in [2.75, 3.05) is 11.6 Å². The van der Waals surface area contributed by atoms with Crippen LogP contribution in [0.4, 0.5) is 5.69 Å². The van der Waals surface area contributed by atoms with E-state index < -0.39 is 15.8 Å². The van der Waals surface area contributed by atoms with E-state index in [9.17, 15) is 23.1 Å². The van der Waals surface area contributed by atoms with E-state index in [2.05, 4.69) is 12.2 Å². The lowest BCUT2D eigenvalue weighted by Gasteiger charge is -2.16. The number of anilines is 1. The summed E-state index contributed by atoms with van der Waals surface area (Å²) in [5.74, 6) is -1.02. The zero-order valence-electron chi connectivity index (χ0n) is 14.4. The molecular weight excluding hydrogens is 374 g/mol. The molecule has 0 saturated heterocycles. The lowest BCUT2D eigenvalue weighted by Crippen LogP contribution is -2.12. The minimum atomic E-state index is -3.60. The maximum absolute atomic E-state index is 12.6. The van der Waals surface area contributed by atoms with E-state index in [4.69, 9.17) is 0 Å². The highest BCUT2D eigenvalue weighted by Gasteiger charge is 2.21. The predicted octanol–water partition coefficient (Wildman–Crippen LogP) is 3.23. The molecule has 3 rings (SSSR count). The highest BCUT2D eigenvalue weighted by Crippen LogP contribution is 2.32. The molecule has 26 heavy (non-hydrogen) atoms. The number of carbonyl (C=O) groups excluding carboxylic acids is 1. The van der Waals surface area contributed by atoms with Gasteiger partial charge in [0.1, 0.15) is 0 Å². The van der Waals surface area contributed by atoms with Crippen molar-refractivity contribution in [3.05, 3.63) is 45.1 Å². The van der Waals surface area contributed by atoms with Crippen molar-refractivity contribution in [1.29, 1.82) is 0 Å². The highest BCUT2D eigenvalue weighted by molar-refractivity contribution is 7.90. The number of carbonyl (C=O) groups is 2. The molecule has 2 N–H and O–H groups in total. The van der Waals surface area contributed by atoms with Crippen LogP contribution in [0, 0.1) is 5.92 Å². The number of hydrogen-bond donors (Lipinski definition) is 2. The van der Waals surface area contributed by atoms with Crippen LogP contribution in [0.5, 0.6) is 0 Å². The van der Waals surface area contributed by atoms with Gasteiger partial charge in [-0.2, -0.15) is 0 Å². The second-order valence-electron chi connectivity index (χ2n) is 6.68. The van der Waals surface area contributed by atoms with Gasteiger partial charge in [0.15, 0.2) is 9.84 Å². The molecule has 2 aromatic rings. The molecule has 1 aromatic carbocycles. The maximum atomic E-state index is 12.6. The average molecular weight is 393 g/mol. The van der Waals surface area contributed by atoms with Crippen molar-refractivity contribution >= 4 is 38.7 Å². The van der Waals surface area contributed by atoms with Gasteiger partial charge in [-0.15, -0.1) is 11.3 Å². The number of thiophene rings is 1. The Balaban J connectivity index is 1.90. The van der Waals surface area contributed by atoms with Crippen LogP contribution in [0.25, 0.3) is 0 Å². The number of carboxylic acid groups (broad SMARTS) is 1. The summed E-state index contributed by atoms with van der Waals surface area (Å²) in [6.07, 6.45) is 4.01. The SMILES string of the molecule is CC1CCc2sc(C(=O)Nc3cc(C(=O)O)cc(S(C)(=O)=O)c3)cc2C1. The monoisotopic (exact) mass is 393 g/mol. The second-order valence-corrected chi connectivity index (χ2v) is 9.84. The summed E-state index contributed by atoms with van der Waals surface area (Å²) in [6, 6.07) is 5.49. The molecule has 138 valence electrons. The maximum Gasteiger partial charge on any atom is 0.335 e. The lowest BCUT2D eigenvalue weighted by atomic mass is 9.90. The van der Waals surface area contributed by atoms with Crippen LogP contribution < -0.4 is 5.32 Å². The van der Waals surface area contributed by atoms with Crippen LogP contribution in [-0.4, -0.2) is 31.7 Å². The molecule has 1 unspecified atom stereocenters. The third kappa shape index (κ3) is 3.96. The van der Waals surface area contributed by atoms with Crippen molar-refractivity contribution < 1.29 is 23.1 Å². The molecule has 0 saturated carbocycles. The summed E-state index contributed by atoms with van der Waals surface area (Å²) >= 11 is 1.44. The van der Waals surface area contributed by atoms with Crippen molar-refractivity contribution in [1.82, 2.24) is 0 Å². The Bertz CT molecular complexity index is 991. The van der Waals surface area contributed by atoms with E-state index in [0.717, 1.165) is 31.6 Å². The van der Waals surface area contributed by atoms with Gasteiger partial charge < -0.3 is 10.4 Å². The predicted molar refractivity (Wildman–Crippen MR) is 100.0 cm³/mol. The zero-order valence-corrected chi connectivity index (χ0v) is 16.0. The zero-order chi connectivity index (χ0) is 19.1. The van der Waals surface area contributed by atoms with Crippen molar-refractivity contribution in [3.8, 4) is 0 Å². The number of sulfone groups is 1. The minimum absolute atomic E-state index is 0.146. The Hall–Kier alpha value is -2.19. The smallest absolute Gasteiger partial charge is 0.335 e. The molecule has 1 aromatic heterocycles. The highest BCUT2D eigenvalue weighted by atomic mass is 32.2. The molecule has 1 amide bonds. The first-order chi connectivity index (χ1) is 12.1. The van der Waals surface area contributed by atoms with Crippen molar-refractivity contribution in [3.63, 3.8) is 0 Å². The van der Waals surface area contributed by atoms with Gasteiger partial charge in [-0.3, -0.25) is 4.79 Å². The number of amides is 1. The number of carboxylic acids is 1. The molecule has 6 nitrogen and oxygen atoms in total. The van der Waals surface area contributed by atoms with Gasteiger partial charge in [0.2, 0.25) is 0 Å². The molecule has 0 radical (unpaired) electrons. The van der Waals surface area contributed by atoms with E-state index in [0.29, 0.717) is 10.8 Å². The van der Waals surface area contributed by atoms with Crippen LogP contribution in [0.15, 0.2) is 29.2 Å². The fourth-order valence-electron chi connectivity index (χ4n) is 3.02. The number of aryl methyl sites for hydroxylation is 1. The van der Waals surface area contributed by atoms with Gasteiger partial charge >= 0.3 is 5.97 Å². The molecule has 0 spiro atoms. The first kappa shape index (κ1) is 18.6. The number of hydrogen-bond acceptors (Lipinski definition) is 5. The quantitative estimate of drug-likeness (QED) is 0.831. The summed E-state index contributed by atoms with van der Waals surface area (Å²) in [5.41, 5.74) is 1.15. The van der Waals surface area contributed by atoms with Crippen LogP contribution in [0.1, 0.15) is 43.8 Å². The molecule has 1 heterocycles. The number of fused-ring (bicyclic) bond motifs is 1. The first-order valence-electron chi connectivity index (χ1n) is 8.15. The Morgan fingerprint density at radius 1 is 1.23 bits per heavy atom. The van der Waals surface area contributed by atoms with Crippen LogP contribution in [0.3, 0.4) is 0 Å². The fourth-order valence-corrected chi connectivity index (χ4v) is 4.80. The van der Waals surface area contributed by atoms with E-state index >= 15 is 0 Å². The second kappa shape index (κ2) is 6.85. The number of rotatable bonds is 4. The normalized spacial score (nSPS) is 16.8. The topological polar surface area (TPSA) is 101 Å².